The van der Waals surface area contributed by atoms with E-state index in [4.69, 9.17) is 4.74 Å². The first-order valence-electron chi connectivity index (χ1n) is 12.5. The third-order valence-corrected chi connectivity index (χ3v) is 8.14. The van der Waals surface area contributed by atoms with Crippen LogP contribution >= 0.6 is 0 Å². The Kier molecular flexibility index (Phi) is 8.77. The molecule has 2 amide bonds. The smallest absolute Gasteiger partial charge is 0.293 e. The lowest BCUT2D eigenvalue weighted by Gasteiger charge is -2.37. The Morgan fingerprint density at radius 1 is 1.05 bits per heavy atom. The molecule has 0 unspecified atom stereocenters. The average Bonchev–Trinajstić information content (AvgIpc) is 2.93. The summed E-state index contributed by atoms with van der Waals surface area (Å²) in [7, 11) is -4.41. The number of likely N-dealkylation sites (tertiary alicyclic amines) is 1. The molecule has 12 nitrogen and oxygen atoms in total. The maximum absolute atomic E-state index is 15.5. The molecule has 39 heavy (non-hydrogen) atoms. The molecule has 0 radical (unpaired) electrons. The first-order valence-corrected chi connectivity index (χ1v) is 14.0. The molecule has 2 N–H and O–H groups in total. The molecule has 2 aromatic carbocycles. The van der Waals surface area contributed by atoms with Gasteiger partial charge in [-0.1, -0.05) is 18.2 Å². The predicted octanol–water partition coefficient (Wildman–Crippen LogP) is 1.79. The number of rotatable bonds is 9. The second-order valence-electron chi connectivity index (χ2n) is 9.51. The third-order valence-electron chi connectivity index (χ3n) is 6.81. The van der Waals surface area contributed by atoms with Crippen molar-refractivity contribution in [2.45, 2.75) is 23.4 Å². The number of hydrogen-bond acceptors (Lipinski definition) is 9. The van der Waals surface area contributed by atoms with E-state index in [0.717, 1.165) is 12.1 Å². The summed E-state index contributed by atoms with van der Waals surface area (Å²) in [6.07, 6.45) is 0.112. The molecule has 2 saturated heterocycles. The maximum atomic E-state index is 15.5. The largest absolute Gasteiger partial charge is 0.379 e. The van der Waals surface area contributed by atoms with Gasteiger partial charge in [-0.25, -0.2) is 17.5 Å². The molecular weight excluding hydrogens is 533 g/mol. The Morgan fingerprint density at radius 3 is 2.36 bits per heavy atom. The van der Waals surface area contributed by atoms with Crippen molar-refractivity contribution in [1.29, 1.82) is 0 Å². The number of piperidine rings is 1. The second-order valence-corrected chi connectivity index (χ2v) is 11.2. The number of halogens is 1. The van der Waals surface area contributed by atoms with Crippen LogP contribution in [0.25, 0.3) is 0 Å². The van der Waals surface area contributed by atoms with Crippen LogP contribution in [0.2, 0.25) is 0 Å². The number of anilines is 1. The highest BCUT2D eigenvalue weighted by molar-refractivity contribution is 7.90. The van der Waals surface area contributed by atoms with Crippen molar-refractivity contribution in [3.05, 3.63) is 64.2 Å². The van der Waals surface area contributed by atoms with Gasteiger partial charge in [-0.2, -0.15) is 0 Å². The van der Waals surface area contributed by atoms with Crippen LogP contribution in [0.4, 0.5) is 15.8 Å². The van der Waals surface area contributed by atoms with Crippen molar-refractivity contribution in [2.24, 2.45) is 0 Å². The molecule has 14 heteroatoms. The Morgan fingerprint density at radius 2 is 1.72 bits per heavy atom. The summed E-state index contributed by atoms with van der Waals surface area (Å²) in [5.74, 6) is -0.951. The van der Waals surface area contributed by atoms with Crippen LogP contribution in [0.5, 0.6) is 0 Å². The number of ether oxygens (including phenoxy) is 1. The van der Waals surface area contributed by atoms with Gasteiger partial charge in [0, 0.05) is 57.2 Å². The fourth-order valence-electron chi connectivity index (χ4n) is 4.45. The number of hydrogen-bond donors (Lipinski definition) is 2. The first-order chi connectivity index (χ1) is 18.6. The molecule has 2 heterocycles. The molecule has 210 valence electrons. The highest BCUT2D eigenvalue weighted by atomic mass is 32.2. The van der Waals surface area contributed by atoms with Gasteiger partial charge in [-0.05, 0) is 24.3 Å². The number of nitrogens with one attached hydrogen (secondary N) is 2. The van der Waals surface area contributed by atoms with Crippen LogP contribution < -0.4 is 10.0 Å². The van der Waals surface area contributed by atoms with E-state index in [1.807, 2.05) is 9.62 Å². The van der Waals surface area contributed by atoms with E-state index >= 15 is 4.39 Å². The summed E-state index contributed by atoms with van der Waals surface area (Å²) in [4.78, 5) is 38.9. The monoisotopic (exact) mass is 563 g/mol. The van der Waals surface area contributed by atoms with Crippen LogP contribution in [-0.2, 0) is 19.6 Å². The molecule has 2 aromatic rings. The van der Waals surface area contributed by atoms with E-state index in [2.05, 4.69) is 5.32 Å². The third kappa shape index (κ3) is 7.28. The maximum Gasteiger partial charge on any atom is 0.293 e. The molecule has 0 aromatic heterocycles. The first kappa shape index (κ1) is 28.4. The molecule has 2 aliphatic heterocycles. The predicted molar refractivity (Wildman–Crippen MR) is 140 cm³/mol. The summed E-state index contributed by atoms with van der Waals surface area (Å²) >= 11 is 0. The Labute approximate surface area is 225 Å². The lowest BCUT2D eigenvalue weighted by molar-refractivity contribution is -0.384. The number of morpholine rings is 1. The lowest BCUT2D eigenvalue weighted by atomic mass is 9.93. The topological polar surface area (TPSA) is 151 Å². The summed E-state index contributed by atoms with van der Waals surface area (Å²) in [6.45, 7) is 2.96. The quantitative estimate of drug-likeness (QED) is 0.344. The van der Waals surface area contributed by atoms with Crippen LogP contribution in [0.1, 0.15) is 23.2 Å². The van der Waals surface area contributed by atoms with Gasteiger partial charge >= 0.3 is 0 Å². The molecule has 2 aliphatic rings. The summed E-state index contributed by atoms with van der Waals surface area (Å²) in [5.41, 5.74) is -2.24. The zero-order valence-electron chi connectivity index (χ0n) is 21.2. The molecule has 0 spiro atoms. The molecule has 0 atom stereocenters. The van der Waals surface area contributed by atoms with Crippen molar-refractivity contribution < 1.29 is 32.1 Å². The van der Waals surface area contributed by atoms with E-state index < -0.39 is 37.1 Å². The molecular formula is C25H30FN5O7S. The molecule has 0 saturated carbocycles. The van der Waals surface area contributed by atoms with Crippen molar-refractivity contribution in [3.63, 3.8) is 0 Å². The van der Waals surface area contributed by atoms with Crippen LogP contribution in [0.15, 0.2) is 53.4 Å². The van der Waals surface area contributed by atoms with E-state index in [1.54, 1.807) is 23.1 Å². The fourth-order valence-corrected chi connectivity index (χ4v) is 5.44. The van der Waals surface area contributed by atoms with Crippen molar-refractivity contribution in [2.75, 3.05) is 57.8 Å². The van der Waals surface area contributed by atoms with Gasteiger partial charge in [0.2, 0.25) is 5.91 Å². The van der Waals surface area contributed by atoms with E-state index in [-0.39, 0.29) is 56.2 Å². The van der Waals surface area contributed by atoms with Gasteiger partial charge in [-0.15, -0.1) is 0 Å². The SMILES string of the molecule is O=C(NS(=O)(=O)c1ccc(NCC2(F)CCN(C(=O)CN3CCOCC3)CC2)c([N+](=O)[O-])c1)c1ccccc1. The van der Waals surface area contributed by atoms with Crippen molar-refractivity contribution >= 4 is 33.2 Å². The molecule has 2 fully saturated rings. The highest BCUT2D eigenvalue weighted by Gasteiger charge is 2.37. The van der Waals surface area contributed by atoms with Gasteiger partial charge in [0.05, 0.1) is 29.6 Å². The summed E-state index contributed by atoms with van der Waals surface area (Å²) in [5, 5.41) is 14.4. The standard InChI is InChI=1S/C25H30FN5O7S/c26-25(8-10-30(11-9-25)23(32)17-29-12-14-38-15-13-29)18-27-21-7-6-20(16-22(21)31(34)35)39(36,37)28-24(33)19-4-2-1-3-5-19/h1-7,16,27H,8-15,17-18H2,(H,28,33). The molecule has 0 aliphatic carbocycles. The number of nitro groups is 1. The Hall–Kier alpha value is -3.62. The number of carbonyl (C=O) groups is 2. The lowest BCUT2D eigenvalue weighted by Crippen LogP contribution is -2.51. The van der Waals surface area contributed by atoms with Crippen LogP contribution in [0, 0.1) is 10.1 Å². The van der Waals surface area contributed by atoms with Crippen molar-refractivity contribution in [3.8, 4) is 0 Å². The normalized spacial score (nSPS) is 17.8. The zero-order valence-corrected chi connectivity index (χ0v) is 22.0. The number of amides is 2. The summed E-state index contributed by atoms with van der Waals surface area (Å²) < 4.78 is 48.1. The van der Waals surface area contributed by atoms with Gasteiger partial charge in [0.25, 0.3) is 21.6 Å². The van der Waals surface area contributed by atoms with Crippen LogP contribution in [0.3, 0.4) is 0 Å². The number of nitro benzene ring substituents is 1. The average molecular weight is 564 g/mol. The minimum Gasteiger partial charge on any atom is -0.379 e. The van der Waals surface area contributed by atoms with Crippen LogP contribution in [-0.4, -0.2) is 93.1 Å². The number of nitrogens with zero attached hydrogens (tertiary/aromatic N) is 3. The van der Waals surface area contributed by atoms with Gasteiger partial charge in [0.1, 0.15) is 11.4 Å². The Balaban J connectivity index is 1.36. The van der Waals surface area contributed by atoms with E-state index in [0.29, 0.717) is 26.3 Å². The number of alkyl halides is 1. The number of carbonyl (C=O) groups excluding carboxylic acids is 2. The van der Waals surface area contributed by atoms with Gasteiger partial charge in [0.15, 0.2) is 0 Å². The minimum atomic E-state index is -4.41. The van der Waals surface area contributed by atoms with Gasteiger partial charge in [-0.3, -0.25) is 24.6 Å². The number of sulfonamides is 1. The second kappa shape index (κ2) is 12.1. The zero-order chi connectivity index (χ0) is 28.0. The van der Waals surface area contributed by atoms with E-state index in [1.165, 1.54) is 18.2 Å². The Bertz CT molecular complexity index is 1310. The number of benzene rings is 2. The van der Waals surface area contributed by atoms with E-state index in [9.17, 15) is 28.1 Å². The highest BCUT2D eigenvalue weighted by Crippen LogP contribution is 2.31. The minimum absolute atomic E-state index is 0.0562. The summed E-state index contributed by atoms with van der Waals surface area (Å²) in [6, 6.07) is 10.8. The van der Waals surface area contributed by atoms with Crippen molar-refractivity contribution in [1.82, 2.24) is 14.5 Å². The fraction of sp³-hybridized carbons (Fsp3) is 0.440. The molecule has 4 rings (SSSR count). The van der Waals surface area contributed by atoms with Gasteiger partial charge < -0.3 is 15.0 Å². The molecule has 0 bridgehead atoms.